The largest absolute Gasteiger partial charge is 0.326 e. The highest BCUT2D eigenvalue weighted by atomic mass is 32.1. The third-order valence-electron chi connectivity index (χ3n) is 3.30. The lowest BCUT2D eigenvalue weighted by atomic mass is 10.1. The van der Waals surface area contributed by atoms with Crippen molar-refractivity contribution < 1.29 is 4.79 Å². The van der Waals surface area contributed by atoms with Gasteiger partial charge in [-0.05, 0) is 35.4 Å². The van der Waals surface area contributed by atoms with Crippen LogP contribution in [0.5, 0.6) is 0 Å². The molecule has 2 heterocycles. The summed E-state index contributed by atoms with van der Waals surface area (Å²) in [7, 11) is 0. The maximum atomic E-state index is 12.0. The molecule has 23 heavy (non-hydrogen) atoms. The van der Waals surface area contributed by atoms with Gasteiger partial charge in [0.15, 0.2) is 0 Å². The van der Waals surface area contributed by atoms with E-state index in [1.165, 1.54) is 11.3 Å². The molecule has 0 radical (unpaired) electrons. The molecule has 0 fully saturated rings. The summed E-state index contributed by atoms with van der Waals surface area (Å²) in [4.78, 5) is 20.3. The Balaban J connectivity index is 1.62. The van der Waals surface area contributed by atoms with Gasteiger partial charge in [0.25, 0.3) is 0 Å². The van der Waals surface area contributed by atoms with Crippen LogP contribution in [0, 0.1) is 0 Å². The molecule has 1 amide bonds. The molecule has 0 aliphatic rings. The van der Waals surface area contributed by atoms with E-state index in [-0.39, 0.29) is 12.3 Å². The first kappa shape index (κ1) is 15.3. The number of pyridine rings is 1. The number of nitrogens with one attached hydrogen (secondary N) is 1. The molecule has 6 heteroatoms. The van der Waals surface area contributed by atoms with Crippen molar-refractivity contribution in [1.82, 2.24) is 9.97 Å². The summed E-state index contributed by atoms with van der Waals surface area (Å²) >= 11 is 1.48. The van der Waals surface area contributed by atoms with Gasteiger partial charge in [0.1, 0.15) is 5.01 Å². The predicted molar refractivity (Wildman–Crippen MR) is 92.0 cm³/mol. The molecule has 2 aromatic heterocycles. The number of thiazole rings is 1. The SMILES string of the molecule is NCc1nc(CC(=O)Nc2ccc(-c3ccncc3)cc2)cs1. The van der Waals surface area contributed by atoms with E-state index in [0.29, 0.717) is 6.54 Å². The van der Waals surface area contributed by atoms with Crippen LogP contribution >= 0.6 is 11.3 Å². The molecule has 1 aromatic carbocycles. The fourth-order valence-corrected chi connectivity index (χ4v) is 2.86. The zero-order chi connectivity index (χ0) is 16.1. The third-order valence-corrected chi connectivity index (χ3v) is 4.22. The third kappa shape index (κ3) is 4.00. The molecule has 0 bridgehead atoms. The molecule has 0 aliphatic carbocycles. The number of rotatable bonds is 5. The van der Waals surface area contributed by atoms with Gasteiger partial charge in [-0.25, -0.2) is 4.98 Å². The molecular weight excluding hydrogens is 308 g/mol. The minimum atomic E-state index is -0.0875. The molecule has 3 rings (SSSR count). The van der Waals surface area contributed by atoms with Crippen molar-refractivity contribution in [1.29, 1.82) is 0 Å². The first-order chi connectivity index (χ1) is 11.2. The van der Waals surface area contributed by atoms with Gasteiger partial charge in [-0.1, -0.05) is 12.1 Å². The van der Waals surface area contributed by atoms with Gasteiger partial charge in [-0.15, -0.1) is 11.3 Å². The average molecular weight is 324 g/mol. The number of benzene rings is 1. The van der Waals surface area contributed by atoms with Gasteiger partial charge in [0.2, 0.25) is 5.91 Å². The van der Waals surface area contributed by atoms with Gasteiger partial charge >= 0.3 is 0 Å². The highest BCUT2D eigenvalue weighted by molar-refractivity contribution is 7.09. The van der Waals surface area contributed by atoms with Crippen LogP contribution in [0.3, 0.4) is 0 Å². The van der Waals surface area contributed by atoms with E-state index >= 15 is 0 Å². The Morgan fingerprint density at radius 3 is 2.43 bits per heavy atom. The summed E-state index contributed by atoms with van der Waals surface area (Å²) in [6.07, 6.45) is 3.77. The maximum absolute atomic E-state index is 12.0. The molecule has 0 saturated carbocycles. The van der Waals surface area contributed by atoms with Crippen molar-refractivity contribution in [2.24, 2.45) is 5.73 Å². The minimum Gasteiger partial charge on any atom is -0.326 e. The zero-order valence-electron chi connectivity index (χ0n) is 12.4. The lowest BCUT2D eigenvalue weighted by molar-refractivity contribution is -0.115. The van der Waals surface area contributed by atoms with Crippen LogP contribution in [0.2, 0.25) is 0 Å². The van der Waals surface area contributed by atoms with E-state index in [0.717, 1.165) is 27.5 Å². The smallest absolute Gasteiger partial charge is 0.230 e. The Morgan fingerprint density at radius 2 is 1.78 bits per heavy atom. The van der Waals surface area contributed by atoms with Crippen molar-refractivity contribution in [3.05, 3.63) is 64.9 Å². The van der Waals surface area contributed by atoms with Crippen molar-refractivity contribution in [3.63, 3.8) is 0 Å². The molecule has 3 aromatic rings. The Labute approximate surface area is 138 Å². The van der Waals surface area contributed by atoms with Crippen LogP contribution < -0.4 is 11.1 Å². The number of nitrogens with zero attached hydrogens (tertiary/aromatic N) is 2. The highest BCUT2D eigenvalue weighted by Gasteiger charge is 2.08. The number of amides is 1. The van der Waals surface area contributed by atoms with E-state index in [9.17, 15) is 4.79 Å². The quantitative estimate of drug-likeness (QED) is 0.756. The average Bonchev–Trinajstić information content (AvgIpc) is 3.04. The number of aromatic nitrogens is 2. The number of hydrogen-bond donors (Lipinski definition) is 2. The topological polar surface area (TPSA) is 80.9 Å². The van der Waals surface area contributed by atoms with Gasteiger partial charge in [-0.3, -0.25) is 9.78 Å². The minimum absolute atomic E-state index is 0.0875. The summed E-state index contributed by atoms with van der Waals surface area (Å²) in [5.74, 6) is -0.0875. The lowest BCUT2D eigenvalue weighted by Crippen LogP contribution is -2.14. The molecule has 0 aliphatic heterocycles. The Bertz CT molecular complexity index is 784. The highest BCUT2D eigenvalue weighted by Crippen LogP contribution is 2.20. The fraction of sp³-hybridized carbons (Fsp3) is 0.118. The summed E-state index contributed by atoms with van der Waals surface area (Å²) in [5, 5.41) is 5.59. The van der Waals surface area contributed by atoms with Crippen LogP contribution in [-0.2, 0) is 17.8 Å². The second kappa shape index (κ2) is 7.13. The van der Waals surface area contributed by atoms with Crippen molar-refractivity contribution >= 4 is 22.9 Å². The van der Waals surface area contributed by atoms with Crippen LogP contribution in [0.1, 0.15) is 10.7 Å². The molecule has 0 unspecified atom stereocenters. The standard InChI is InChI=1S/C17H16N4OS/c18-10-17-21-15(11-23-17)9-16(22)20-14-3-1-12(2-4-14)13-5-7-19-8-6-13/h1-8,11H,9-10,18H2,(H,20,22). The van der Waals surface area contributed by atoms with E-state index in [2.05, 4.69) is 15.3 Å². The van der Waals surface area contributed by atoms with Crippen LogP contribution in [0.15, 0.2) is 54.2 Å². The van der Waals surface area contributed by atoms with Crippen LogP contribution in [0.4, 0.5) is 5.69 Å². The first-order valence-electron chi connectivity index (χ1n) is 7.18. The number of hydrogen-bond acceptors (Lipinski definition) is 5. The first-order valence-corrected chi connectivity index (χ1v) is 8.06. The van der Waals surface area contributed by atoms with E-state index in [4.69, 9.17) is 5.73 Å². The fourth-order valence-electron chi connectivity index (χ4n) is 2.18. The lowest BCUT2D eigenvalue weighted by Gasteiger charge is -2.06. The zero-order valence-corrected chi connectivity index (χ0v) is 13.2. The van der Waals surface area contributed by atoms with Gasteiger partial charge < -0.3 is 11.1 Å². The van der Waals surface area contributed by atoms with Crippen LogP contribution in [0.25, 0.3) is 11.1 Å². The summed E-state index contributed by atoms with van der Waals surface area (Å²) in [5.41, 5.74) is 9.21. The molecule has 0 saturated heterocycles. The molecule has 0 spiro atoms. The normalized spacial score (nSPS) is 10.5. The summed E-state index contributed by atoms with van der Waals surface area (Å²) in [6, 6.07) is 11.6. The van der Waals surface area contributed by atoms with E-state index < -0.39 is 0 Å². The summed E-state index contributed by atoms with van der Waals surface area (Å²) < 4.78 is 0. The second-order valence-corrected chi connectivity index (χ2v) is 5.92. The number of anilines is 1. The Hall–Kier alpha value is -2.57. The van der Waals surface area contributed by atoms with Crippen molar-refractivity contribution in [2.45, 2.75) is 13.0 Å². The van der Waals surface area contributed by atoms with E-state index in [1.807, 2.05) is 41.8 Å². The predicted octanol–water partition coefficient (Wildman–Crippen LogP) is 2.85. The Kier molecular flexibility index (Phi) is 4.75. The van der Waals surface area contributed by atoms with Crippen molar-refractivity contribution in [2.75, 3.05) is 5.32 Å². The molecule has 3 N–H and O–H groups in total. The van der Waals surface area contributed by atoms with Crippen LogP contribution in [-0.4, -0.2) is 15.9 Å². The number of carbonyl (C=O) groups is 1. The van der Waals surface area contributed by atoms with Crippen molar-refractivity contribution in [3.8, 4) is 11.1 Å². The second-order valence-electron chi connectivity index (χ2n) is 4.97. The van der Waals surface area contributed by atoms with E-state index in [1.54, 1.807) is 12.4 Å². The Morgan fingerprint density at radius 1 is 1.09 bits per heavy atom. The van der Waals surface area contributed by atoms with Gasteiger partial charge in [0, 0.05) is 30.0 Å². The molecule has 0 atom stereocenters. The molecule has 116 valence electrons. The summed E-state index contributed by atoms with van der Waals surface area (Å²) in [6.45, 7) is 0.406. The number of carbonyl (C=O) groups excluding carboxylic acids is 1. The van der Waals surface area contributed by atoms with Gasteiger partial charge in [0.05, 0.1) is 12.1 Å². The van der Waals surface area contributed by atoms with Gasteiger partial charge in [-0.2, -0.15) is 0 Å². The molecule has 5 nitrogen and oxygen atoms in total. The maximum Gasteiger partial charge on any atom is 0.230 e. The molecular formula is C17H16N4OS. The number of nitrogens with two attached hydrogens (primary N) is 1. The monoisotopic (exact) mass is 324 g/mol.